The van der Waals surface area contributed by atoms with Crippen LogP contribution >= 0.6 is 0 Å². The third kappa shape index (κ3) is 3.27. The lowest BCUT2D eigenvalue weighted by Crippen LogP contribution is -2.32. The number of benzene rings is 2. The molecule has 0 bridgehead atoms. The molecular weight excluding hydrogens is 246 g/mol. The van der Waals surface area contributed by atoms with Crippen LogP contribution in [0.3, 0.4) is 0 Å². The number of aryl methyl sites for hydroxylation is 2. The van der Waals surface area contributed by atoms with Crippen molar-refractivity contribution in [1.29, 1.82) is 0 Å². The van der Waals surface area contributed by atoms with Crippen molar-refractivity contribution in [2.24, 2.45) is 5.73 Å². The first kappa shape index (κ1) is 14.8. The summed E-state index contributed by atoms with van der Waals surface area (Å²) in [7, 11) is 1.72. The average molecular weight is 269 g/mol. The van der Waals surface area contributed by atoms with E-state index in [0.717, 1.165) is 12.0 Å². The zero-order valence-electron chi connectivity index (χ0n) is 12.5. The van der Waals surface area contributed by atoms with Crippen LogP contribution < -0.4 is 5.73 Å². The Morgan fingerprint density at radius 3 is 2.10 bits per heavy atom. The molecule has 0 saturated carbocycles. The van der Waals surface area contributed by atoms with Crippen LogP contribution in [0.2, 0.25) is 0 Å². The van der Waals surface area contributed by atoms with Gasteiger partial charge in [-0.1, -0.05) is 48.5 Å². The van der Waals surface area contributed by atoms with Crippen LogP contribution in [0.4, 0.5) is 0 Å². The van der Waals surface area contributed by atoms with Crippen LogP contribution in [-0.4, -0.2) is 13.2 Å². The van der Waals surface area contributed by atoms with Crippen molar-refractivity contribution in [1.82, 2.24) is 0 Å². The molecule has 0 heterocycles. The molecule has 2 atom stereocenters. The fraction of sp³-hybridized carbons (Fsp3) is 0.333. The zero-order valence-corrected chi connectivity index (χ0v) is 12.5. The van der Waals surface area contributed by atoms with Gasteiger partial charge in [0.05, 0.1) is 6.10 Å². The highest BCUT2D eigenvalue weighted by molar-refractivity contribution is 5.34. The lowest BCUT2D eigenvalue weighted by Gasteiger charge is -2.24. The Hall–Kier alpha value is -1.64. The van der Waals surface area contributed by atoms with Crippen molar-refractivity contribution in [2.45, 2.75) is 32.4 Å². The quantitative estimate of drug-likeness (QED) is 0.900. The third-order valence-electron chi connectivity index (χ3n) is 3.86. The number of nitrogens with two attached hydrogens (primary N) is 1. The molecule has 0 aliphatic heterocycles. The van der Waals surface area contributed by atoms with E-state index in [1.165, 1.54) is 16.7 Å². The molecule has 0 radical (unpaired) electrons. The summed E-state index contributed by atoms with van der Waals surface area (Å²) < 4.78 is 5.63. The summed E-state index contributed by atoms with van der Waals surface area (Å²) in [5.41, 5.74) is 11.5. The first-order chi connectivity index (χ1) is 9.63. The summed E-state index contributed by atoms with van der Waals surface area (Å²) in [5, 5.41) is 0. The minimum absolute atomic E-state index is 0.0535. The Balaban J connectivity index is 2.20. The van der Waals surface area contributed by atoms with E-state index >= 15 is 0 Å². The van der Waals surface area contributed by atoms with Gasteiger partial charge in [0.2, 0.25) is 0 Å². The maximum absolute atomic E-state index is 6.41. The van der Waals surface area contributed by atoms with Gasteiger partial charge in [-0.2, -0.15) is 0 Å². The minimum Gasteiger partial charge on any atom is -0.375 e. The summed E-state index contributed by atoms with van der Waals surface area (Å²) in [5.74, 6) is 0. The van der Waals surface area contributed by atoms with Crippen LogP contribution in [0.1, 0.15) is 28.4 Å². The summed E-state index contributed by atoms with van der Waals surface area (Å²) >= 11 is 0. The zero-order chi connectivity index (χ0) is 14.5. The molecule has 20 heavy (non-hydrogen) atoms. The summed E-state index contributed by atoms with van der Waals surface area (Å²) in [4.78, 5) is 0. The predicted molar refractivity (Wildman–Crippen MR) is 83.8 cm³/mol. The van der Waals surface area contributed by atoms with Gasteiger partial charge in [-0.3, -0.25) is 0 Å². The van der Waals surface area contributed by atoms with Gasteiger partial charge in [0.1, 0.15) is 0 Å². The molecule has 2 aromatic carbocycles. The molecule has 0 aromatic heterocycles. The maximum Gasteiger partial charge on any atom is 0.0975 e. The number of rotatable bonds is 5. The largest absolute Gasteiger partial charge is 0.375 e. The van der Waals surface area contributed by atoms with Gasteiger partial charge in [-0.15, -0.1) is 0 Å². The van der Waals surface area contributed by atoms with E-state index in [1.54, 1.807) is 7.11 Å². The second kappa shape index (κ2) is 6.69. The second-order valence-corrected chi connectivity index (χ2v) is 5.31. The molecule has 0 amide bonds. The SMILES string of the molecule is COC(c1ccccc1)C(N)Cc1c(C)cccc1C. The summed E-state index contributed by atoms with van der Waals surface area (Å²) in [6.45, 7) is 4.28. The van der Waals surface area contributed by atoms with E-state index in [0.29, 0.717) is 0 Å². The third-order valence-corrected chi connectivity index (χ3v) is 3.86. The first-order valence-corrected chi connectivity index (χ1v) is 7.02. The molecule has 0 saturated heterocycles. The predicted octanol–water partition coefficient (Wildman–Crippen LogP) is 3.56. The van der Waals surface area contributed by atoms with Crippen molar-refractivity contribution in [3.05, 3.63) is 70.8 Å². The van der Waals surface area contributed by atoms with E-state index in [2.05, 4.69) is 44.2 Å². The topological polar surface area (TPSA) is 35.2 Å². The molecule has 0 fully saturated rings. The number of hydrogen-bond donors (Lipinski definition) is 1. The highest BCUT2D eigenvalue weighted by Crippen LogP contribution is 2.24. The Morgan fingerprint density at radius 2 is 1.55 bits per heavy atom. The standard InChI is InChI=1S/C18H23NO/c1-13-8-7-9-14(2)16(13)12-17(19)18(20-3)15-10-5-4-6-11-15/h4-11,17-18H,12,19H2,1-3H3. The molecule has 2 N–H and O–H groups in total. The monoisotopic (exact) mass is 269 g/mol. The maximum atomic E-state index is 6.41. The average Bonchev–Trinajstić information content (AvgIpc) is 2.45. The molecule has 2 nitrogen and oxygen atoms in total. The van der Waals surface area contributed by atoms with Crippen LogP contribution in [0.15, 0.2) is 48.5 Å². The van der Waals surface area contributed by atoms with Gasteiger partial charge in [0.15, 0.2) is 0 Å². The molecular formula is C18H23NO. The normalized spacial score (nSPS) is 14.0. The van der Waals surface area contributed by atoms with Crippen molar-refractivity contribution in [2.75, 3.05) is 7.11 Å². The van der Waals surface area contributed by atoms with Gasteiger partial charge >= 0.3 is 0 Å². The van der Waals surface area contributed by atoms with Crippen molar-refractivity contribution in [3.63, 3.8) is 0 Å². The van der Waals surface area contributed by atoms with Crippen molar-refractivity contribution in [3.8, 4) is 0 Å². The van der Waals surface area contributed by atoms with E-state index in [4.69, 9.17) is 10.5 Å². The molecule has 0 aliphatic rings. The molecule has 106 valence electrons. The summed E-state index contributed by atoms with van der Waals surface area (Å²) in [6.07, 6.45) is 0.751. The van der Waals surface area contributed by atoms with Crippen LogP contribution in [0, 0.1) is 13.8 Å². The smallest absolute Gasteiger partial charge is 0.0975 e. The van der Waals surface area contributed by atoms with Gasteiger partial charge in [0, 0.05) is 13.2 Å². The van der Waals surface area contributed by atoms with Crippen LogP contribution in [0.5, 0.6) is 0 Å². The molecule has 2 heteroatoms. The van der Waals surface area contributed by atoms with Gasteiger partial charge in [-0.05, 0) is 42.5 Å². The van der Waals surface area contributed by atoms with E-state index in [1.807, 2.05) is 18.2 Å². The molecule has 0 spiro atoms. The second-order valence-electron chi connectivity index (χ2n) is 5.31. The minimum atomic E-state index is -0.0739. The molecule has 2 aromatic rings. The summed E-state index contributed by atoms with van der Waals surface area (Å²) in [6, 6.07) is 16.5. The first-order valence-electron chi connectivity index (χ1n) is 7.02. The van der Waals surface area contributed by atoms with Crippen molar-refractivity contribution < 1.29 is 4.74 Å². The van der Waals surface area contributed by atoms with E-state index < -0.39 is 0 Å². The fourth-order valence-electron chi connectivity index (χ4n) is 2.71. The fourth-order valence-corrected chi connectivity index (χ4v) is 2.71. The van der Waals surface area contributed by atoms with Crippen LogP contribution in [-0.2, 0) is 11.2 Å². The Morgan fingerprint density at radius 1 is 0.950 bits per heavy atom. The highest BCUT2D eigenvalue weighted by atomic mass is 16.5. The molecule has 0 aliphatic carbocycles. The Bertz CT molecular complexity index is 530. The van der Waals surface area contributed by atoms with Gasteiger partial charge in [0.25, 0.3) is 0 Å². The van der Waals surface area contributed by atoms with E-state index in [9.17, 15) is 0 Å². The Kier molecular flexibility index (Phi) is 4.94. The van der Waals surface area contributed by atoms with Gasteiger partial charge in [-0.25, -0.2) is 0 Å². The van der Waals surface area contributed by atoms with E-state index in [-0.39, 0.29) is 12.1 Å². The Labute approximate surface area is 121 Å². The molecule has 2 rings (SSSR count). The lowest BCUT2D eigenvalue weighted by molar-refractivity contribution is 0.0802. The number of ether oxygens (including phenoxy) is 1. The molecule has 2 unspecified atom stereocenters. The van der Waals surface area contributed by atoms with Crippen molar-refractivity contribution >= 4 is 0 Å². The van der Waals surface area contributed by atoms with Crippen LogP contribution in [0.25, 0.3) is 0 Å². The number of hydrogen-bond acceptors (Lipinski definition) is 2. The number of methoxy groups -OCH3 is 1. The lowest BCUT2D eigenvalue weighted by atomic mass is 9.92. The van der Waals surface area contributed by atoms with Gasteiger partial charge < -0.3 is 10.5 Å². The highest BCUT2D eigenvalue weighted by Gasteiger charge is 2.20.